The first-order chi connectivity index (χ1) is 9.91. The Hall–Kier alpha value is -2.48. The Labute approximate surface area is 120 Å². The minimum absolute atomic E-state index is 0.00615. The fourth-order valence-corrected chi connectivity index (χ4v) is 3.57. The largest absolute Gasteiger partial charge is 0.399 e. The predicted octanol–water partition coefficient (Wildman–Crippen LogP) is 1.15. The Morgan fingerprint density at radius 1 is 1.29 bits per heavy atom. The lowest BCUT2D eigenvalue weighted by Gasteiger charge is -2.15. The first-order valence-corrected chi connectivity index (χ1v) is 7.41. The number of nitrogens with two attached hydrogens (primary N) is 1. The van der Waals surface area contributed by atoms with Crippen molar-refractivity contribution in [2.45, 2.75) is 11.6 Å². The van der Waals surface area contributed by atoms with Crippen LogP contribution in [0.15, 0.2) is 41.6 Å². The first kappa shape index (κ1) is 13.5. The molecule has 1 amide bonds. The van der Waals surface area contributed by atoms with Crippen molar-refractivity contribution in [2.75, 3.05) is 5.73 Å². The zero-order chi connectivity index (χ0) is 15.2. The van der Waals surface area contributed by atoms with Crippen molar-refractivity contribution in [2.24, 2.45) is 0 Å². The molecule has 0 aliphatic carbocycles. The minimum atomic E-state index is -4.05. The molecule has 1 aromatic carbocycles. The van der Waals surface area contributed by atoms with Gasteiger partial charge in [0.05, 0.1) is 12.1 Å². The van der Waals surface area contributed by atoms with Crippen molar-refractivity contribution < 1.29 is 17.6 Å². The predicted molar refractivity (Wildman–Crippen MR) is 72.1 cm³/mol. The highest BCUT2D eigenvalue weighted by atomic mass is 32.2. The van der Waals surface area contributed by atoms with E-state index in [2.05, 4.69) is 4.98 Å². The second-order valence-electron chi connectivity index (χ2n) is 4.52. The zero-order valence-corrected chi connectivity index (χ0v) is 11.5. The van der Waals surface area contributed by atoms with Gasteiger partial charge in [-0.3, -0.25) is 4.79 Å². The van der Waals surface area contributed by atoms with Crippen LogP contribution in [-0.2, 0) is 16.6 Å². The van der Waals surface area contributed by atoms with E-state index in [0.29, 0.717) is 4.31 Å². The quantitative estimate of drug-likeness (QED) is 0.840. The summed E-state index contributed by atoms with van der Waals surface area (Å²) >= 11 is 0. The van der Waals surface area contributed by atoms with Gasteiger partial charge in [0.15, 0.2) is 5.03 Å². The maximum absolute atomic E-state index is 13.8. The number of sulfonamides is 1. The molecule has 108 valence electrons. The first-order valence-electron chi connectivity index (χ1n) is 5.97. The average Bonchev–Trinajstić information content (AvgIpc) is 2.63. The number of carbonyl (C=O) groups is 1. The highest BCUT2D eigenvalue weighted by molar-refractivity contribution is 7.90. The Kier molecular flexibility index (Phi) is 2.91. The number of amides is 1. The lowest BCUT2D eigenvalue weighted by Crippen LogP contribution is -2.30. The molecule has 0 bridgehead atoms. The van der Waals surface area contributed by atoms with Crippen molar-refractivity contribution in [3.8, 4) is 0 Å². The third-order valence-electron chi connectivity index (χ3n) is 3.15. The van der Waals surface area contributed by atoms with E-state index >= 15 is 0 Å². The molecule has 0 unspecified atom stereocenters. The van der Waals surface area contributed by atoms with E-state index in [0.717, 1.165) is 6.07 Å². The molecule has 0 fully saturated rings. The fourth-order valence-electron chi connectivity index (χ4n) is 2.11. The number of hydrogen-bond donors (Lipinski definition) is 1. The number of nitrogen functional groups attached to an aromatic ring is 1. The fraction of sp³-hybridized carbons (Fsp3) is 0.0769. The van der Waals surface area contributed by atoms with Gasteiger partial charge >= 0.3 is 0 Å². The Bertz CT molecular complexity index is 851. The molecule has 0 saturated carbocycles. The summed E-state index contributed by atoms with van der Waals surface area (Å²) in [6.07, 6.45) is 1.29. The summed E-state index contributed by atoms with van der Waals surface area (Å²) in [7, 11) is -4.05. The van der Waals surface area contributed by atoms with Gasteiger partial charge in [-0.05, 0) is 24.3 Å². The van der Waals surface area contributed by atoms with Crippen LogP contribution in [0.25, 0.3) is 0 Å². The van der Waals surface area contributed by atoms with Crippen LogP contribution >= 0.6 is 0 Å². The molecule has 8 heteroatoms. The number of anilines is 1. The molecule has 6 nitrogen and oxygen atoms in total. The monoisotopic (exact) mass is 307 g/mol. The van der Waals surface area contributed by atoms with E-state index in [-0.39, 0.29) is 21.8 Å². The van der Waals surface area contributed by atoms with Gasteiger partial charge in [0.1, 0.15) is 5.82 Å². The molecule has 0 spiro atoms. The maximum Gasteiger partial charge on any atom is 0.285 e. The highest BCUT2D eigenvalue weighted by Gasteiger charge is 2.42. The number of rotatable bonds is 2. The molecule has 21 heavy (non-hydrogen) atoms. The van der Waals surface area contributed by atoms with Crippen molar-refractivity contribution in [3.05, 3.63) is 53.5 Å². The van der Waals surface area contributed by atoms with Crippen molar-refractivity contribution >= 4 is 21.6 Å². The SMILES string of the molecule is Nc1ccc(CN2C(=O)c3cccnc3S2(=O)=O)c(F)c1. The lowest BCUT2D eigenvalue weighted by molar-refractivity contribution is 0.0864. The summed E-state index contributed by atoms with van der Waals surface area (Å²) < 4.78 is 38.9. The molecule has 1 aliphatic rings. The topological polar surface area (TPSA) is 93.4 Å². The second-order valence-corrected chi connectivity index (χ2v) is 6.30. The number of benzene rings is 1. The number of pyridine rings is 1. The molecule has 0 saturated heterocycles. The minimum Gasteiger partial charge on any atom is -0.399 e. The molecule has 1 aliphatic heterocycles. The van der Waals surface area contributed by atoms with Crippen molar-refractivity contribution in [1.29, 1.82) is 0 Å². The third-order valence-corrected chi connectivity index (χ3v) is 4.84. The van der Waals surface area contributed by atoms with Gasteiger partial charge in [-0.25, -0.2) is 13.7 Å². The third kappa shape index (κ3) is 2.04. The standard InChI is InChI=1S/C13H10FN3O3S/c14-11-6-9(15)4-3-8(11)7-17-13(18)10-2-1-5-16-12(10)21(17,19)20/h1-6H,7,15H2. The van der Waals surface area contributed by atoms with Crippen LogP contribution in [0.5, 0.6) is 0 Å². The van der Waals surface area contributed by atoms with E-state index in [1.807, 2.05) is 0 Å². The van der Waals surface area contributed by atoms with Gasteiger partial charge in [-0.1, -0.05) is 6.07 Å². The molecular formula is C13H10FN3O3S. The summed E-state index contributed by atoms with van der Waals surface area (Å²) in [5.41, 5.74) is 5.71. The van der Waals surface area contributed by atoms with E-state index in [1.165, 1.54) is 30.5 Å². The number of hydrogen-bond acceptors (Lipinski definition) is 5. The normalized spacial score (nSPS) is 16.0. The second kappa shape index (κ2) is 4.52. The van der Waals surface area contributed by atoms with Gasteiger partial charge in [0.2, 0.25) is 0 Å². The van der Waals surface area contributed by atoms with Gasteiger partial charge in [-0.2, -0.15) is 8.42 Å². The summed E-state index contributed by atoms with van der Waals surface area (Å²) in [4.78, 5) is 15.9. The number of carbonyl (C=O) groups excluding carboxylic acids is 1. The van der Waals surface area contributed by atoms with E-state index in [4.69, 9.17) is 5.73 Å². The van der Waals surface area contributed by atoms with Crippen LogP contribution in [-0.4, -0.2) is 23.6 Å². The lowest BCUT2D eigenvalue weighted by atomic mass is 10.2. The number of nitrogens with zero attached hydrogens (tertiary/aromatic N) is 2. The average molecular weight is 307 g/mol. The summed E-state index contributed by atoms with van der Waals surface area (Å²) in [5, 5.41) is -0.300. The Balaban J connectivity index is 2.03. The van der Waals surface area contributed by atoms with Crippen LogP contribution in [0.3, 0.4) is 0 Å². The molecule has 2 N–H and O–H groups in total. The molecule has 2 aromatic rings. The van der Waals surface area contributed by atoms with Crippen LogP contribution in [0.2, 0.25) is 0 Å². The number of aromatic nitrogens is 1. The Morgan fingerprint density at radius 2 is 2.05 bits per heavy atom. The van der Waals surface area contributed by atoms with Crippen LogP contribution in [0.1, 0.15) is 15.9 Å². The number of halogens is 1. The molecule has 3 rings (SSSR count). The van der Waals surface area contributed by atoms with Crippen LogP contribution in [0, 0.1) is 5.82 Å². The van der Waals surface area contributed by atoms with E-state index in [9.17, 15) is 17.6 Å². The molecule has 2 heterocycles. The Morgan fingerprint density at radius 3 is 2.71 bits per heavy atom. The van der Waals surface area contributed by atoms with Crippen molar-refractivity contribution in [3.63, 3.8) is 0 Å². The molecule has 1 aromatic heterocycles. The molecule has 0 radical (unpaired) electrons. The van der Waals surface area contributed by atoms with Gasteiger partial charge in [0.25, 0.3) is 15.9 Å². The maximum atomic E-state index is 13.8. The summed E-state index contributed by atoms with van der Waals surface area (Å²) in [6.45, 7) is -0.399. The van der Waals surface area contributed by atoms with Crippen LogP contribution < -0.4 is 5.73 Å². The van der Waals surface area contributed by atoms with Gasteiger partial charge in [-0.15, -0.1) is 0 Å². The van der Waals surface area contributed by atoms with Crippen molar-refractivity contribution in [1.82, 2.24) is 9.29 Å². The van der Waals surface area contributed by atoms with E-state index in [1.54, 1.807) is 0 Å². The molecular weight excluding hydrogens is 297 g/mol. The van der Waals surface area contributed by atoms with E-state index < -0.39 is 28.3 Å². The molecule has 0 atom stereocenters. The van der Waals surface area contributed by atoms with Gasteiger partial charge in [0, 0.05) is 17.4 Å². The highest BCUT2D eigenvalue weighted by Crippen LogP contribution is 2.30. The smallest absolute Gasteiger partial charge is 0.285 e. The summed E-state index contributed by atoms with van der Waals surface area (Å²) in [5.74, 6) is -1.38. The number of fused-ring (bicyclic) bond motifs is 1. The van der Waals surface area contributed by atoms with Gasteiger partial charge < -0.3 is 5.73 Å². The zero-order valence-electron chi connectivity index (χ0n) is 10.7. The van der Waals surface area contributed by atoms with Crippen LogP contribution in [0.4, 0.5) is 10.1 Å². The summed E-state index contributed by atoms with van der Waals surface area (Å²) in [6, 6.07) is 6.72.